The van der Waals surface area contributed by atoms with E-state index in [0.717, 1.165) is 22.6 Å². The zero-order valence-corrected chi connectivity index (χ0v) is 12.6. The zero-order chi connectivity index (χ0) is 15.1. The van der Waals surface area contributed by atoms with Crippen LogP contribution in [0.1, 0.15) is 0 Å². The molecule has 0 saturated heterocycles. The number of rotatable bonds is 3. The van der Waals surface area contributed by atoms with E-state index >= 15 is 0 Å². The van der Waals surface area contributed by atoms with Crippen LogP contribution >= 0.6 is 11.8 Å². The van der Waals surface area contributed by atoms with Gasteiger partial charge in [0.05, 0.1) is 12.8 Å². The van der Waals surface area contributed by atoms with Crippen LogP contribution in [-0.4, -0.2) is 18.5 Å². The van der Waals surface area contributed by atoms with Crippen LogP contribution in [0.15, 0.2) is 53.5 Å². The van der Waals surface area contributed by atoms with Crippen LogP contribution in [0.2, 0.25) is 0 Å². The molecule has 2 rings (SSSR count). The van der Waals surface area contributed by atoms with Gasteiger partial charge in [0.2, 0.25) is 0 Å². The standard InChI is InChI=1S/C16H15N3OS/c1-20-15-8-4-6-13(10-15)12-5-3-7-14(9-12)19-16(21-2)18-11-17/h3-10H,1-2H3,(H,18,19). The number of hydrogen-bond acceptors (Lipinski definition) is 4. The average molecular weight is 297 g/mol. The lowest BCUT2D eigenvalue weighted by Gasteiger charge is -2.06. The molecule has 2 aromatic carbocycles. The first-order valence-electron chi connectivity index (χ1n) is 6.29. The molecule has 0 saturated carbocycles. The van der Waals surface area contributed by atoms with Gasteiger partial charge in [-0.2, -0.15) is 5.26 Å². The minimum absolute atomic E-state index is 0.570. The van der Waals surface area contributed by atoms with E-state index in [-0.39, 0.29) is 0 Å². The quantitative estimate of drug-likeness (QED) is 0.405. The molecule has 106 valence electrons. The Kier molecular flexibility index (Phi) is 5.24. The third-order valence-electron chi connectivity index (χ3n) is 2.84. The predicted octanol–water partition coefficient (Wildman–Crippen LogP) is 3.78. The molecule has 0 aliphatic heterocycles. The van der Waals surface area contributed by atoms with Gasteiger partial charge in [0.1, 0.15) is 5.75 Å². The van der Waals surface area contributed by atoms with Crippen molar-refractivity contribution < 1.29 is 4.74 Å². The number of thioether (sulfide) groups is 1. The Bertz CT molecular complexity index is 692. The van der Waals surface area contributed by atoms with Crippen molar-refractivity contribution in [2.45, 2.75) is 0 Å². The minimum atomic E-state index is 0.570. The number of amidine groups is 1. The van der Waals surface area contributed by atoms with Gasteiger partial charge in [-0.25, -0.2) is 4.99 Å². The molecule has 0 amide bonds. The Morgan fingerprint density at radius 1 is 1.19 bits per heavy atom. The van der Waals surface area contributed by atoms with Gasteiger partial charge in [-0.15, -0.1) is 0 Å². The molecular weight excluding hydrogens is 282 g/mol. The molecule has 0 atom stereocenters. The van der Waals surface area contributed by atoms with Crippen LogP contribution in [-0.2, 0) is 0 Å². The highest BCUT2D eigenvalue weighted by molar-refractivity contribution is 8.13. The zero-order valence-electron chi connectivity index (χ0n) is 11.8. The third kappa shape index (κ3) is 4.01. The summed E-state index contributed by atoms with van der Waals surface area (Å²) in [6.45, 7) is 0. The number of benzene rings is 2. The normalized spacial score (nSPS) is 10.8. The summed E-state index contributed by atoms with van der Waals surface area (Å²) in [6, 6.07) is 15.7. The van der Waals surface area contributed by atoms with Crippen molar-refractivity contribution in [1.29, 1.82) is 5.26 Å². The molecular formula is C16H15N3OS. The lowest BCUT2D eigenvalue weighted by atomic mass is 10.1. The van der Waals surface area contributed by atoms with E-state index in [4.69, 9.17) is 10.00 Å². The van der Waals surface area contributed by atoms with Crippen LogP contribution in [0, 0.1) is 11.5 Å². The first-order chi connectivity index (χ1) is 10.3. The Labute approximate surface area is 128 Å². The van der Waals surface area contributed by atoms with Crippen molar-refractivity contribution in [2.24, 2.45) is 4.99 Å². The molecule has 0 bridgehead atoms. The second-order valence-corrected chi connectivity index (χ2v) is 4.94. The van der Waals surface area contributed by atoms with E-state index in [0.29, 0.717) is 5.17 Å². The first-order valence-corrected chi connectivity index (χ1v) is 7.51. The monoisotopic (exact) mass is 297 g/mol. The summed E-state index contributed by atoms with van der Waals surface area (Å²) in [5, 5.41) is 11.8. The van der Waals surface area contributed by atoms with Crippen molar-refractivity contribution in [1.82, 2.24) is 5.32 Å². The number of hydrogen-bond donors (Lipinski definition) is 1. The van der Waals surface area contributed by atoms with Gasteiger partial charge in [-0.3, -0.25) is 5.32 Å². The molecule has 1 N–H and O–H groups in total. The lowest BCUT2D eigenvalue weighted by molar-refractivity contribution is 0.415. The van der Waals surface area contributed by atoms with Crippen LogP contribution in [0.4, 0.5) is 5.69 Å². The fourth-order valence-electron chi connectivity index (χ4n) is 1.85. The molecule has 0 spiro atoms. The molecule has 0 radical (unpaired) electrons. The van der Waals surface area contributed by atoms with Crippen molar-refractivity contribution in [3.05, 3.63) is 48.5 Å². The maximum absolute atomic E-state index is 8.67. The van der Waals surface area contributed by atoms with E-state index in [1.807, 2.05) is 61.0 Å². The van der Waals surface area contributed by atoms with Gasteiger partial charge in [-0.1, -0.05) is 36.0 Å². The van der Waals surface area contributed by atoms with E-state index in [1.54, 1.807) is 7.11 Å². The summed E-state index contributed by atoms with van der Waals surface area (Å²) in [6.07, 6.45) is 3.75. The molecule has 0 fully saturated rings. The summed E-state index contributed by atoms with van der Waals surface area (Å²) in [4.78, 5) is 4.41. The highest BCUT2D eigenvalue weighted by Crippen LogP contribution is 2.27. The number of nitriles is 1. The number of nitrogens with one attached hydrogen (secondary N) is 1. The Balaban J connectivity index is 2.35. The van der Waals surface area contributed by atoms with E-state index in [1.165, 1.54) is 11.8 Å². The van der Waals surface area contributed by atoms with Crippen LogP contribution in [0.3, 0.4) is 0 Å². The maximum atomic E-state index is 8.67. The summed E-state index contributed by atoms with van der Waals surface area (Å²) in [5.74, 6) is 0.817. The summed E-state index contributed by atoms with van der Waals surface area (Å²) >= 11 is 1.39. The molecule has 4 nitrogen and oxygen atoms in total. The fourth-order valence-corrected chi connectivity index (χ4v) is 2.19. The number of nitrogens with zero attached hydrogens (tertiary/aromatic N) is 2. The van der Waals surface area contributed by atoms with Crippen LogP contribution in [0.25, 0.3) is 11.1 Å². The van der Waals surface area contributed by atoms with Crippen LogP contribution in [0.5, 0.6) is 5.75 Å². The molecule has 5 heteroatoms. The van der Waals surface area contributed by atoms with Crippen molar-refractivity contribution >= 4 is 22.6 Å². The van der Waals surface area contributed by atoms with Crippen molar-refractivity contribution in [2.75, 3.05) is 13.4 Å². The second-order valence-electron chi connectivity index (χ2n) is 4.14. The number of methoxy groups -OCH3 is 1. The van der Waals surface area contributed by atoms with Gasteiger partial charge in [0.25, 0.3) is 0 Å². The number of ether oxygens (including phenoxy) is 1. The second kappa shape index (κ2) is 7.36. The lowest BCUT2D eigenvalue weighted by Crippen LogP contribution is -2.12. The third-order valence-corrected chi connectivity index (χ3v) is 3.42. The maximum Gasteiger partial charge on any atom is 0.183 e. The van der Waals surface area contributed by atoms with Gasteiger partial charge < -0.3 is 4.74 Å². The summed E-state index contributed by atoms with van der Waals surface area (Å²) < 4.78 is 5.24. The predicted molar refractivity (Wildman–Crippen MR) is 87.8 cm³/mol. The Morgan fingerprint density at radius 3 is 2.57 bits per heavy atom. The largest absolute Gasteiger partial charge is 0.497 e. The van der Waals surface area contributed by atoms with Gasteiger partial charge in [0, 0.05) is 0 Å². The highest BCUT2D eigenvalue weighted by Gasteiger charge is 2.02. The topological polar surface area (TPSA) is 57.4 Å². The fraction of sp³-hybridized carbons (Fsp3) is 0.125. The van der Waals surface area contributed by atoms with Gasteiger partial charge in [0.15, 0.2) is 11.4 Å². The molecule has 0 heterocycles. The van der Waals surface area contributed by atoms with E-state index in [9.17, 15) is 0 Å². The SMILES string of the molecule is COc1cccc(-c2cccc(N=C(NC#N)SC)c2)c1. The molecule has 0 aliphatic carbocycles. The van der Waals surface area contributed by atoms with E-state index in [2.05, 4.69) is 10.3 Å². The molecule has 0 unspecified atom stereocenters. The van der Waals surface area contributed by atoms with Crippen LogP contribution < -0.4 is 10.1 Å². The van der Waals surface area contributed by atoms with E-state index < -0.39 is 0 Å². The average Bonchev–Trinajstić information content (AvgIpc) is 2.54. The Hall–Kier alpha value is -2.45. The molecule has 21 heavy (non-hydrogen) atoms. The smallest absolute Gasteiger partial charge is 0.183 e. The molecule has 0 aliphatic rings. The highest BCUT2D eigenvalue weighted by atomic mass is 32.2. The molecule has 0 aromatic heterocycles. The summed E-state index contributed by atoms with van der Waals surface area (Å²) in [7, 11) is 1.65. The Morgan fingerprint density at radius 2 is 1.90 bits per heavy atom. The van der Waals surface area contributed by atoms with Crippen molar-refractivity contribution in [3.8, 4) is 23.1 Å². The number of aliphatic imine (C=N–C) groups is 1. The minimum Gasteiger partial charge on any atom is -0.497 e. The van der Waals surface area contributed by atoms with Crippen molar-refractivity contribution in [3.63, 3.8) is 0 Å². The summed E-state index contributed by atoms with van der Waals surface area (Å²) in [5.41, 5.74) is 2.90. The molecule has 2 aromatic rings. The van der Waals surface area contributed by atoms with Gasteiger partial charge >= 0.3 is 0 Å². The van der Waals surface area contributed by atoms with Gasteiger partial charge in [-0.05, 0) is 41.6 Å². The first kappa shape index (κ1) is 14.9.